The molecule has 0 aliphatic carbocycles. The van der Waals surface area contributed by atoms with E-state index in [0.29, 0.717) is 0 Å². The number of carbonyl (C=O) groups is 2. The summed E-state index contributed by atoms with van der Waals surface area (Å²) in [6, 6.07) is 3.28. The number of carbonyl (C=O) groups excluding carboxylic acids is 2. The maximum Gasteiger partial charge on any atom is 0.321 e. The highest BCUT2D eigenvalue weighted by atomic mass is 32.2. The third-order valence-corrected chi connectivity index (χ3v) is 4.75. The number of ketones is 1. The second-order valence-corrected chi connectivity index (χ2v) is 8.11. The Kier molecular flexibility index (Phi) is 6.81. The largest absolute Gasteiger partial charge is 0.457 e. The highest BCUT2D eigenvalue weighted by Crippen LogP contribution is 2.26. The first-order valence-electron chi connectivity index (χ1n) is 7.53. The van der Waals surface area contributed by atoms with Crippen molar-refractivity contribution in [2.24, 2.45) is 5.41 Å². The lowest BCUT2D eigenvalue weighted by Gasteiger charge is -2.16. The standard InChI is InChI=1S/C15H21N3O7S/c1-15(2,3)13(19)9-25-14(20)8-17-26(23,24)10-5-6-11(16-4)12(7-10)18(21)22/h5-7,16-17H,8-9H2,1-4H3. The fourth-order valence-electron chi connectivity index (χ4n) is 1.69. The molecule has 10 nitrogen and oxygen atoms in total. The number of sulfonamides is 1. The molecule has 0 aliphatic heterocycles. The average Bonchev–Trinajstić information content (AvgIpc) is 2.56. The summed E-state index contributed by atoms with van der Waals surface area (Å²) >= 11 is 0. The molecule has 0 amide bonds. The summed E-state index contributed by atoms with van der Waals surface area (Å²) in [7, 11) is -2.71. The van der Waals surface area contributed by atoms with Crippen LogP contribution in [0.4, 0.5) is 11.4 Å². The SMILES string of the molecule is CNc1ccc(S(=O)(=O)NCC(=O)OCC(=O)C(C)(C)C)cc1[N+](=O)[O-]. The molecule has 0 radical (unpaired) electrons. The molecule has 0 unspecified atom stereocenters. The van der Waals surface area contributed by atoms with Gasteiger partial charge < -0.3 is 10.1 Å². The van der Waals surface area contributed by atoms with E-state index in [1.807, 2.05) is 4.72 Å². The van der Waals surface area contributed by atoms with Crippen molar-refractivity contribution < 1.29 is 27.7 Å². The van der Waals surface area contributed by atoms with Crippen molar-refractivity contribution in [1.29, 1.82) is 0 Å². The van der Waals surface area contributed by atoms with Gasteiger partial charge in [-0.05, 0) is 12.1 Å². The third-order valence-electron chi connectivity index (χ3n) is 3.35. The Hall–Kier alpha value is -2.53. The van der Waals surface area contributed by atoms with Crippen molar-refractivity contribution in [2.75, 3.05) is 25.5 Å². The van der Waals surface area contributed by atoms with Crippen molar-refractivity contribution in [3.05, 3.63) is 28.3 Å². The van der Waals surface area contributed by atoms with Gasteiger partial charge in [-0.15, -0.1) is 0 Å². The molecule has 0 bridgehead atoms. The predicted molar refractivity (Wildman–Crippen MR) is 93.3 cm³/mol. The number of hydrogen-bond donors (Lipinski definition) is 2. The number of hydrogen-bond acceptors (Lipinski definition) is 8. The van der Waals surface area contributed by atoms with E-state index in [9.17, 15) is 28.1 Å². The molecule has 11 heteroatoms. The quantitative estimate of drug-likeness (QED) is 0.383. The minimum atomic E-state index is -4.17. The molecule has 0 aromatic heterocycles. The van der Waals surface area contributed by atoms with E-state index >= 15 is 0 Å². The minimum absolute atomic E-state index is 0.147. The molecule has 1 aromatic carbocycles. The van der Waals surface area contributed by atoms with Gasteiger partial charge in [0, 0.05) is 18.5 Å². The van der Waals surface area contributed by atoms with Gasteiger partial charge in [0.15, 0.2) is 12.4 Å². The summed E-state index contributed by atoms with van der Waals surface area (Å²) < 4.78 is 31.1. The van der Waals surface area contributed by atoms with Gasteiger partial charge >= 0.3 is 5.97 Å². The summed E-state index contributed by atoms with van der Waals surface area (Å²) in [6.07, 6.45) is 0. The molecule has 144 valence electrons. The van der Waals surface area contributed by atoms with Gasteiger partial charge in [0.2, 0.25) is 10.0 Å². The molecule has 26 heavy (non-hydrogen) atoms. The van der Waals surface area contributed by atoms with Crippen molar-refractivity contribution in [3.8, 4) is 0 Å². The number of anilines is 1. The highest BCUT2D eigenvalue weighted by molar-refractivity contribution is 7.89. The Morgan fingerprint density at radius 3 is 2.38 bits per heavy atom. The Labute approximate surface area is 151 Å². The summed E-state index contributed by atoms with van der Waals surface area (Å²) in [5.74, 6) is -1.25. The van der Waals surface area contributed by atoms with Gasteiger partial charge in [0.25, 0.3) is 5.69 Å². The van der Waals surface area contributed by atoms with Crippen LogP contribution in [0.25, 0.3) is 0 Å². The number of nitrogens with zero attached hydrogens (tertiary/aromatic N) is 1. The molecular weight excluding hydrogens is 366 g/mol. The minimum Gasteiger partial charge on any atom is -0.457 e. The Morgan fingerprint density at radius 1 is 1.27 bits per heavy atom. The number of benzene rings is 1. The Bertz CT molecular complexity index is 813. The van der Waals surface area contributed by atoms with Crippen molar-refractivity contribution >= 4 is 33.2 Å². The van der Waals surface area contributed by atoms with Crippen LogP contribution in [-0.4, -0.2) is 45.3 Å². The van der Waals surface area contributed by atoms with Crippen LogP contribution in [-0.2, 0) is 24.3 Å². The lowest BCUT2D eigenvalue weighted by molar-refractivity contribution is -0.384. The summed E-state index contributed by atoms with van der Waals surface area (Å²) in [6.45, 7) is 3.81. The van der Waals surface area contributed by atoms with Crippen molar-refractivity contribution in [1.82, 2.24) is 4.72 Å². The van der Waals surface area contributed by atoms with E-state index in [0.717, 1.165) is 12.1 Å². The first kappa shape index (κ1) is 21.5. The number of esters is 1. The normalized spacial score (nSPS) is 11.7. The summed E-state index contributed by atoms with van der Waals surface area (Å²) in [5, 5.41) is 13.6. The first-order valence-corrected chi connectivity index (χ1v) is 9.01. The molecule has 2 N–H and O–H groups in total. The molecule has 0 aliphatic rings. The van der Waals surface area contributed by atoms with Crippen LogP contribution >= 0.6 is 0 Å². The second-order valence-electron chi connectivity index (χ2n) is 6.34. The van der Waals surface area contributed by atoms with Crippen LogP contribution in [0.1, 0.15) is 20.8 Å². The molecule has 0 saturated carbocycles. The number of rotatable bonds is 8. The van der Waals surface area contributed by atoms with Crippen LogP contribution < -0.4 is 10.0 Å². The highest BCUT2D eigenvalue weighted by Gasteiger charge is 2.24. The van der Waals surface area contributed by atoms with Gasteiger partial charge in [-0.3, -0.25) is 19.7 Å². The number of Topliss-reactive ketones (excluding diaryl/α,β-unsaturated/α-hetero) is 1. The fraction of sp³-hybridized carbons (Fsp3) is 0.467. The lowest BCUT2D eigenvalue weighted by atomic mass is 9.91. The van der Waals surface area contributed by atoms with Gasteiger partial charge in [0.1, 0.15) is 12.2 Å². The molecule has 0 spiro atoms. The van der Waals surface area contributed by atoms with Crippen LogP contribution in [0.3, 0.4) is 0 Å². The molecule has 0 atom stereocenters. The zero-order valence-corrected chi connectivity index (χ0v) is 15.7. The van der Waals surface area contributed by atoms with E-state index < -0.39 is 45.2 Å². The maximum atomic E-state index is 12.2. The van der Waals surface area contributed by atoms with Crippen molar-refractivity contribution in [3.63, 3.8) is 0 Å². The Balaban J connectivity index is 2.78. The number of ether oxygens (including phenoxy) is 1. The van der Waals surface area contributed by atoms with E-state index in [1.54, 1.807) is 20.8 Å². The molecule has 1 aromatic rings. The van der Waals surface area contributed by atoms with Crippen LogP contribution in [0.15, 0.2) is 23.1 Å². The van der Waals surface area contributed by atoms with Gasteiger partial charge in [0.05, 0.1) is 9.82 Å². The topological polar surface area (TPSA) is 145 Å². The zero-order chi connectivity index (χ0) is 20.1. The first-order chi connectivity index (χ1) is 11.9. The van der Waals surface area contributed by atoms with Gasteiger partial charge in [-0.2, -0.15) is 4.72 Å². The zero-order valence-electron chi connectivity index (χ0n) is 14.9. The van der Waals surface area contributed by atoms with Crippen molar-refractivity contribution in [2.45, 2.75) is 25.7 Å². The third kappa shape index (κ3) is 5.77. The summed E-state index contributed by atoms with van der Waals surface area (Å²) in [4.78, 5) is 33.2. The van der Waals surface area contributed by atoms with Gasteiger partial charge in [-0.1, -0.05) is 20.8 Å². The number of nitro groups is 1. The Morgan fingerprint density at radius 2 is 1.88 bits per heavy atom. The molecular formula is C15H21N3O7S. The summed E-state index contributed by atoms with van der Waals surface area (Å²) in [5.41, 5.74) is -0.962. The molecule has 0 heterocycles. The fourth-order valence-corrected chi connectivity index (χ4v) is 2.68. The number of nitro benzene ring substituents is 1. The van der Waals surface area contributed by atoms with Crippen LogP contribution in [0.2, 0.25) is 0 Å². The van der Waals surface area contributed by atoms with Gasteiger partial charge in [-0.25, -0.2) is 8.42 Å². The smallest absolute Gasteiger partial charge is 0.321 e. The lowest BCUT2D eigenvalue weighted by Crippen LogP contribution is -2.33. The van der Waals surface area contributed by atoms with E-state index in [1.165, 1.54) is 13.1 Å². The van der Waals surface area contributed by atoms with Crippen LogP contribution in [0.5, 0.6) is 0 Å². The molecule has 0 saturated heterocycles. The molecule has 0 fully saturated rings. The van der Waals surface area contributed by atoms with E-state index in [2.05, 4.69) is 5.32 Å². The molecule has 1 rings (SSSR count). The second kappa shape index (κ2) is 8.23. The predicted octanol–water partition coefficient (Wildman–Crippen LogP) is 1.07. The average molecular weight is 387 g/mol. The number of nitrogens with one attached hydrogen (secondary N) is 2. The van der Waals surface area contributed by atoms with Crippen LogP contribution in [0, 0.1) is 15.5 Å². The van der Waals surface area contributed by atoms with E-state index in [4.69, 9.17) is 4.74 Å². The monoisotopic (exact) mass is 387 g/mol. The van der Waals surface area contributed by atoms with E-state index in [-0.39, 0.29) is 16.4 Å². The maximum absolute atomic E-state index is 12.2.